The van der Waals surface area contributed by atoms with Crippen LogP contribution in [-0.4, -0.2) is 25.2 Å². The Hall–Kier alpha value is -1.00. The molecule has 3 N–H and O–H groups in total. The average Bonchev–Trinajstić information content (AvgIpc) is 2.82. The minimum atomic E-state index is -0.116. The summed E-state index contributed by atoms with van der Waals surface area (Å²) in [6.45, 7) is 3.87. The van der Waals surface area contributed by atoms with Crippen molar-refractivity contribution in [2.24, 2.45) is 10.7 Å². The molecule has 0 aromatic heterocycles. The first kappa shape index (κ1) is 11.5. The zero-order valence-corrected chi connectivity index (χ0v) is 10.5. The maximum atomic E-state index is 6.22. The third-order valence-corrected chi connectivity index (χ3v) is 3.76. The van der Waals surface area contributed by atoms with E-state index in [1.165, 1.54) is 16.0 Å². The van der Waals surface area contributed by atoms with Crippen LogP contribution in [0.4, 0.5) is 0 Å². The maximum Gasteiger partial charge on any atom is 0.118 e. The Kier molecular flexibility index (Phi) is 3.51. The van der Waals surface area contributed by atoms with E-state index in [0.717, 1.165) is 18.9 Å². The molecule has 0 bridgehead atoms. The van der Waals surface area contributed by atoms with Gasteiger partial charge in [0.2, 0.25) is 0 Å². The van der Waals surface area contributed by atoms with E-state index < -0.39 is 0 Å². The molecule has 1 aromatic carbocycles. The Balaban J connectivity index is 2.32. The molecule has 3 nitrogen and oxygen atoms in total. The van der Waals surface area contributed by atoms with Gasteiger partial charge in [-0.3, -0.25) is 4.99 Å². The first-order chi connectivity index (χ1) is 7.74. The van der Waals surface area contributed by atoms with Gasteiger partial charge in [-0.1, -0.05) is 12.1 Å². The predicted octanol–water partition coefficient (Wildman–Crippen LogP) is 1.72. The number of nitrogens with one attached hydrogen (secondary N) is 1. The fourth-order valence-electron chi connectivity index (χ4n) is 1.96. The topological polar surface area (TPSA) is 50.4 Å². The van der Waals surface area contributed by atoms with Crippen molar-refractivity contribution < 1.29 is 0 Å². The highest BCUT2D eigenvalue weighted by Gasteiger charge is 2.18. The molecule has 0 spiro atoms. The SMILES string of the molecule is CSc1cccc(C(N)C2=NCCN2)c1C. The van der Waals surface area contributed by atoms with Crippen LogP contribution in [-0.2, 0) is 0 Å². The van der Waals surface area contributed by atoms with E-state index in [0.29, 0.717) is 0 Å². The summed E-state index contributed by atoms with van der Waals surface area (Å²) in [5, 5.41) is 3.24. The summed E-state index contributed by atoms with van der Waals surface area (Å²) in [6.07, 6.45) is 2.09. The van der Waals surface area contributed by atoms with E-state index in [9.17, 15) is 0 Å². The van der Waals surface area contributed by atoms with Gasteiger partial charge < -0.3 is 11.1 Å². The third-order valence-electron chi connectivity index (χ3n) is 2.88. The summed E-state index contributed by atoms with van der Waals surface area (Å²) in [6, 6.07) is 6.15. The standard InChI is InChI=1S/C12H17N3S/c1-8-9(4-3-5-10(8)16-2)11(13)12-14-6-7-15-12/h3-5,11H,6-7,13H2,1-2H3,(H,14,15). The zero-order valence-electron chi connectivity index (χ0n) is 9.66. The van der Waals surface area contributed by atoms with Crippen molar-refractivity contribution in [3.05, 3.63) is 29.3 Å². The third kappa shape index (κ3) is 2.08. The predicted molar refractivity (Wildman–Crippen MR) is 70.2 cm³/mol. The summed E-state index contributed by atoms with van der Waals surface area (Å²) < 4.78 is 0. The molecule has 0 radical (unpaired) electrons. The van der Waals surface area contributed by atoms with Crippen molar-refractivity contribution in [1.29, 1.82) is 0 Å². The maximum absolute atomic E-state index is 6.22. The number of thioether (sulfide) groups is 1. The number of amidine groups is 1. The highest BCUT2D eigenvalue weighted by atomic mass is 32.2. The van der Waals surface area contributed by atoms with Gasteiger partial charge in [-0.25, -0.2) is 0 Å². The Morgan fingerprint density at radius 1 is 1.50 bits per heavy atom. The van der Waals surface area contributed by atoms with Crippen LogP contribution in [0.1, 0.15) is 17.2 Å². The molecule has 0 fully saturated rings. The first-order valence-electron chi connectivity index (χ1n) is 5.41. The minimum Gasteiger partial charge on any atom is -0.370 e. The van der Waals surface area contributed by atoms with Crippen molar-refractivity contribution in [3.8, 4) is 0 Å². The van der Waals surface area contributed by atoms with Crippen LogP contribution < -0.4 is 11.1 Å². The molecule has 1 heterocycles. The second kappa shape index (κ2) is 4.89. The molecule has 1 atom stereocenters. The molecule has 4 heteroatoms. The van der Waals surface area contributed by atoms with Gasteiger partial charge >= 0.3 is 0 Å². The van der Waals surface area contributed by atoms with Gasteiger partial charge in [0, 0.05) is 11.4 Å². The van der Waals surface area contributed by atoms with Crippen molar-refractivity contribution in [3.63, 3.8) is 0 Å². The van der Waals surface area contributed by atoms with Crippen LogP contribution in [0.3, 0.4) is 0 Å². The normalized spacial score (nSPS) is 16.8. The Morgan fingerprint density at radius 2 is 2.31 bits per heavy atom. The van der Waals surface area contributed by atoms with Gasteiger partial charge in [-0.2, -0.15) is 0 Å². The average molecular weight is 235 g/mol. The molecule has 0 saturated heterocycles. The van der Waals surface area contributed by atoms with E-state index >= 15 is 0 Å². The smallest absolute Gasteiger partial charge is 0.118 e. The van der Waals surface area contributed by atoms with Gasteiger partial charge in [0.05, 0.1) is 12.6 Å². The largest absolute Gasteiger partial charge is 0.370 e. The van der Waals surface area contributed by atoms with Crippen LogP contribution in [0.5, 0.6) is 0 Å². The molecule has 86 valence electrons. The number of benzene rings is 1. The number of nitrogens with two attached hydrogens (primary N) is 1. The summed E-state index contributed by atoms with van der Waals surface area (Å²) >= 11 is 1.75. The van der Waals surface area contributed by atoms with Gasteiger partial charge in [0.15, 0.2) is 0 Å². The summed E-state index contributed by atoms with van der Waals surface area (Å²) in [5.41, 5.74) is 8.65. The number of rotatable bonds is 3. The number of aliphatic imine (C=N–C) groups is 1. The Morgan fingerprint density at radius 3 is 2.94 bits per heavy atom. The van der Waals surface area contributed by atoms with E-state index in [1.54, 1.807) is 11.8 Å². The zero-order chi connectivity index (χ0) is 11.5. The van der Waals surface area contributed by atoms with Gasteiger partial charge in [-0.15, -0.1) is 11.8 Å². The molecule has 1 aromatic rings. The van der Waals surface area contributed by atoms with E-state index in [4.69, 9.17) is 5.73 Å². The lowest BCUT2D eigenvalue weighted by atomic mass is 10.0. The van der Waals surface area contributed by atoms with Crippen LogP contribution >= 0.6 is 11.8 Å². The molecule has 1 aliphatic rings. The van der Waals surface area contributed by atoms with E-state index in [-0.39, 0.29) is 6.04 Å². The van der Waals surface area contributed by atoms with Crippen LogP contribution in [0.15, 0.2) is 28.1 Å². The number of hydrogen-bond donors (Lipinski definition) is 2. The Bertz CT molecular complexity index is 415. The van der Waals surface area contributed by atoms with Crippen molar-refractivity contribution in [2.75, 3.05) is 19.3 Å². The van der Waals surface area contributed by atoms with Gasteiger partial charge in [-0.05, 0) is 30.4 Å². The molecule has 0 aliphatic carbocycles. The molecule has 16 heavy (non-hydrogen) atoms. The molecular formula is C12H17N3S. The highest BCUT2D eigenvalue weighted by Crippen LogP contribution is 2.26. The highest BCUT2D eigenvalue weighted by molar-refractivity contribution is 7.98. The van der Waals surface area contributed by atoms with Crippen molar-refractivity contribution in [2.45, 2.75) is 17.9 Å². The molecule has 0 saturated carbocycles. The second-order valence-corrected chi connectivity index (χ2v) is 4.69. The van der Waals surface area contributed by atoms with Crippen LogP contribution in [0.25, 0.3) is 0 Å². The number of nitrogens with zero attached hydrogens (tertiary/aromatic N) is 1. The fourth-order valence-corrected chi connectivity index (χ4v) is 2.60. The van der Waals surface area contributed by atoms with Gasteiger partial charge in [0.1, 0.15) is 5.84 Å². The van der Waals surface area contributed by atoms with Crippen LogP contribution in [0, 0.1) is 6.92 Å². The summed E-state index contributed by atoms with van der Waals surface area (Å²) in [5.74, 6) is 0.918. The molecule has 1 unspecified atom stereocenters. The van der Waals surface area contributed by atoms with Gasteiger partial charge in [0.25, 0.3) is 0 Å². The molecule has 2 rings (SSSR count). The van der Waals surface area contributed by atoms with Crippen molar-refractivity contribution >= 4 is 17.6 Å². The lowest BCUT2D eigenvalue weighted by molar-refractivity contribution is 0.881. The first-order valence-corrected chi connectivity index (χ1v) is 6.64. The fraction of sp³-hybridized carbons (Fsp3) is 0.417. The molecule has 1 aliphatic heterocycles. The van der Waals surface area contributed by atoms with Crippen molar-refractivity contribution in [1.82, 2.24) is 5.32 Å². The molecular weight excluding hydrogens is 218 g/mol. The minimum absolute atomic E-state index is 0.116. The quantitative estimate of drug-likeness (QED) is 0.784. The van der Waals surface area contributed by atoms with E-state index in [2.05, 4.69) is 41.7 Å². The lowest BCUT2D eigenvalue weighted by Crippen LogP contribution is -2.31. The lowest BCUT2D eigenvalue weighted by Gasteiger charge is -2.17. The van der Waals surface area contributed by atoms with E-state index in [1.807, 2.05) is 0 Å². The Labute approximate surface area is 101 Å². The summed E-state index contributed by atoms with van der Waals surface area (Å²) in [4.78, 5) is 5.67. The molecule has 0 amide bonds. The second-order valence-electron chi connectivity index (χ2n) is 3.85. The number of hydrogen-bond acceptors (Lipinski definition) is 4. The van der Waals surface area contributed by atoms with Crippen LogP contribution in [0.2, 0.25) is 0 Å². The summed E-state index contributed by atoms with van der Waals surface area (Å²) in [7, 11) is 0. The monoisotopic (exact) mass is 235 g/mol.